The van der Waals surface area contributed by atoms with E-state index in [-0.39, 0.29) is 28.9 Å². The molecule has 8 heteroatoms. The van der Waals surface area contributed by atoms with Crippen molar-refractivity contribution >= 4 is 49.9 Å². The van der Waals surface area contributed by atoms with Gasteiger partial charge in [-0.15, -0.1) is 17.0 Å². The van der Waals surface area contributed by atoms with Crippen molar-refractivity contribution < 1.29 is 12.6 Å². The van der Waals surface area contributed by atoms with Gasteiger partial charge in [0.15, 0.2) is 5.75 Å². The zero-order valence-electron chi connectivity index (χ0n) is 12.8. The Kier molecular flexibility index (Phi) is 7.62. The van der Waals surface area contributed by atoms with Crippen LogP contribution in [0, 0.1) is 3.57 Å². The van der Waals surface area contributed by atoms with E-state index >= 15 is 0 Å². The van der Waals surface area contributed by atoms with Crippen LogP contribution in [0.25, 0.3) is 0 Å². The van der Waals surface area contributed by atoms with Gasteiger partial charge < -0.3 is 9.92 Å². The van der Waals surface area contributed by atoms with Crippen molar-refractivity contribution in [1.82, 2.24) is 4.31 Å². The average molecular weight is 493 g/mol. The van der Waals surface area contributed by atoms with Crippen molar-refractivity contribution in [3.05, 3.63) is 26.8 Å². The third-order valence-corrected chi connectivity index (χ3v) is 4.92. The summed E-state index contributed by atoms with van der Waals surface area (Å²) in [5, 5.41) is 0. The fourth-order valence-corrected chi connectivity index (χ4v) is 3.01. The van der Waals surface area contributed by atoms with Crippen LogP contribution in [0.2, 0.25) is 0 Å². The van der Waals surface area contributed by atoms with E-state index in [2.05, 4.69) is 43.4 Å². The normalized spacial score (nSPS) is 12.2. The second-order valence-electron chi connectivity index (χ2n) is 5.72. The predicted octanol–water partition coefficient (Wildman–Crippen LogP) is 2.81. The van der Waals surface area contributed by atoms with Crippen LogP contribution < -0.4 is 9.92 Å². The highest BCUT2D eigenvalue weighted by atomic mass is 127. The molecule has 0 heterocycles. The van der Waals surface area contributed by atoms with Gasteiger partial charge in [0.1, 0.15) is 0 Å². The van der Waals surface area contributed by atoms with Gasteiger partial charge in [-0.3, -0.25) is 0 Å². The molecule has 0 amide bonds. The lowest BCUT2D eigenvalue weighted by Gasteiger charge is -2.22. The summed E-state index contributed by atoms with van der Waals surface area (Å²) in [5.74, 6) is 0.315. The van der Waals surface area contributed by atoms with Gasteiger partial charge in [0.05, 0.1) is 3.57 Å². The summed E-state index contributed by atoms with van der Waals surface area (Å²) in [5.41, 5.74) is 7.48. The minimum atomic E-state index is -3.78. The van der Waals surface area contributed by atoms with Gasteiger partial charge in [0.25, 0.3) is 0 Å². The quantitative estimate of drug-likeness (QED) is 0.656. The van der Waals surface area contributed by atoms with Crippen LogP contribution in [0.15, 0.2) is 12.1 Å². The van der Waals surface area contributed by atoms with E-state index in [1.54, 1.807) is 0 Å². The Bertz CT molecular complexity index is 598. The minimum absolute atomic E-state index is 0. The van der Waals surface area contributed by atoms with E-state index in [0.717, 1.165) is 13.4 Å². The summed E-state index contributed by atoms with van der Waals surface area (Å²) < 4.78 is 30.7. The molecule has 122 valence electrons. The van der Waals surface area contributed by atoms with E-state index in [1.165, 1.54) is 14.1 Å². The molecule has 0 unspecified atom stereocenters. The summed E-state index contributed by atoms with van der Waals surface area (Å²) in [4.78, 5) is 0. The van der Waals surface area contributed by atoms with E-state index in [0.29, 0.717) is 11.3 Å². The zero-order valence-corrected chi connectivity index (χ0v) is 17.5. The molecule has 1 aromatic rings. The maximum absolute atomic E-state index is 11.9. The highest BCUT2D eigenvalue weighted by molar-refractivity contribution is 14.1. The third kappa shape index (κ3) is 5.34. The fraction of sp³-hybridized carbons (Fsp3) is 0.538. The van der Waals surface area contributed by atoms with Crippen LogP contribution in [0.3, 0.4) is 0 Å². The van der Waals surface area contributed by atoms with E-state index < -0.39 is 10.3 Å². The highest BCUT2D eigenvalue weighted by Gasteiger charge is 2.23. The molecule has 0 aliphatic carbocycles. The van der Waals surface area contributed by atoms with Gasteiger partial charge >= 0.3 is 10.3 Å². The van der Waals surface area contributed by atoms with Crippen molar-refractivity contribution in [3.63, 3.8) is 0 Å². The minimum Gasteiger partial charge on any atom is -0.369 e. The van der Waals surface area contributed by atoms with E-state index in [4.69, 9.17) is 9.92 Å². The molecule has 0 saturated carbocycles. The molecule has 2 N–H and O–H groups in total. The maximum Gasteiger partial charge on any atom is 0.384 e. The Balaban J connectivity index is 0.00000400. The Morgan fingerprint density at radius 2 is 1.81 bits per heavy atom. The fourth-order valence-electron chi connectivity index (χ4n) is 1.51. The van der Waals surface area contributed by atoms with Crippen molar-refractivity contribution in [2.75, 3.05) is 14.1 Å². The molecular formula is C13H22BrIN2O3S. The topological polar surface area (TPSA) is 72.6 Å². The summed E-state index contributed by atoms with van der Waals surface area (Å²) in [6.07, 6.45) is 0. The molecule has 1 rings (SSSR count). The number of rotatable bonds is 4. The molecular weight excluding hydrogens is 471 g/mol. The van der Waals surface area contributed by atoms with Gasteiger partial charge in [-0.2, -0.15) is 12.7 Å². The number of benzene rings is 1. The number of hydrogen-bond donors (Lipinski definition) is 1. The Morgan fingerprint density at radius 1 is 1.29 bits per heavy atom. The molecule has 0 radical (unpaired) electrons. The molecule has 0 aliphatic rings. The predicted molar refractivity (Wildman–Crippen MR) is 99.3 cm³/mol. The first-order valence-corrected chi connectivity index (χ1v) is 8.58. The van der Waals surface area contributed by atoms with Crippen molar-refractivity contribution in [1.29, 1.82) is 0 Å². The lowest BCUT2D eigenvalue weighted by molar-refractivity contribution is 0.418. The van der Waals surface area contributed by atoms with Crippen molar-refractivity contribution in [2.45, 2.75) is 32.7 Å². The number of halogens is 2. The van der Waals surface area contributed by atoms with Crippen molar-refractivity contribution in [2.24, 2.45) is 5.73 Å². The number of hydrogen-bond acceptors (Lipinski definition) is 4. The van der Waals surface area contributed by atoms with Gasteiger partial charge in [-0.1, -0.05) is 26.8 Å². The first-order valence-electron chi connectivity index (χ1n) is 6.14. The smallest absolute Gasteiger partial charge is 0.369 e. The van der Waals surface area contributed by atoms with E-state index in [1.807, 2.05) is 12.1 Å². The first-order chi connectivity index (χ1) is 8.99. The van der Waals surface area contributed by atoms with Crippen LogP contribution >= 0.6 is 39.6 Å². The monoisotopic (exact) mass is 492 g/mol. The molecule has 0 aromatic heterocycles. The van der Waals surface area contributed by atoms with Gasteiger partial charge in [0, 0.05) is 26.2 Å². The second-order valence-corrected chi connectivity index (χ2v) is 8.64. The van der Waals surface area contributed by atoms with Crippen LogP contribution in [-0.4, -0.2) is 26.8 Å². The molecule has 0 fully saturated rings. The molecule has 0 spiro atoms. The summed E-state index contributed by atoms with van der Waals surface area (Å²) >= 11 is 2.07. The van der Waals surface area contributed by atoms with Crippen LogP contribution in [0.1, 0.15) is 31.9 Å². The highest BCUT2D eigenvalue weighted by Crippen LogP contribution is 2.33. The summed E-state index contributed by atoms with van der Waals surface area (Å²) in [6.45, 7) is 6.50. The van der Waals surface area contributed by atoms with Crippen LogP contribution in [0.4, 0.5) is 0 Å². The summed E-state index contributed by atoms with van der Waals surface area (Å²) in [7, 11) is -0.933. The van der Waals surface area contributed by atoms with Crippen molar-refractivity contribution in [3.8, 4) is 5.75 Å². The van der Waals surface area contributed by atoms with Gasteiger partial charge in [-0.05, 0) is 39.6 Å². The molecule has 5 nitrogen and oxygen atoms in total. The Labute approximate surface area is 151 Å². The Morgan fingerprint density at radius 3 is 2.19 bits per heavy atom. The molecule has 0 saturated heterocycles. The second kappa shape index (κ2) is 7.58. The number of nitrogens with zero attached hydrogens (tertiary/aromatic N) is 1. The molecule has 0 aliphatic heterocycles. The molecule has 0 bridgehead atoms. The Hall–Kier alpha value is 0.100. The van der Waals surface area contributed by atoms with Crippen LogP contribution in [0.5, 0.6) is 5.75 Å². The van der Waals surface area contributed by atoms with Gasteiger partial charge in [0.2, 0.25) is 0 Å². The maximum atomic E-state index is 11.9. The average Bonchev–Trinajstić information content (AvgIpc) is 2.29. The third-order valence-electron chi connectivity index (χ3n) is 2.84. The van der Waals surface area contributed by atoms with Crippen LogP contribution in [-0.2, 0) is 22.3 Å². The van der Waals surface area contributed by atoms with E-state index in [9.17, 15) is 8.42 Å². The molecule has 21 heavy (non-hydrogen) atoms. The zero-order chi connectivity index (χ0) is 15.7. The first kappa shape index (κ1) is 21.1. The molecule has 0 atom stereocenters. The largest absolute Gasteiger partial charge is 0.384 e. The number of nitrogens with two attached hydrogens (primary N) is 1. The lowest BCUT2D eigenvalue weighted by atomic mass is 9.86. The SMILES string of the molecule is Br.CN(C)S(=O)(=O)Oc1c(I)cc(C(C)(C)C)cc1CN. The summed E-state index contributed by atoms with van der Waals surface area (Å²) in [6, 6.07) is 3.84. The molecule has 1 aromatic carbocycles. The lowest BCUT2D eigenvalue weighted by Crippen LogP contribution is -2.28. The van der Waals surface area contributed by atoms with Gasteiger partial charge in [-0.25, -0.2) is 0 Å². The standard InChI is InChI=1S/C13H21IN2O3S.BrH/c1-13(2,3)10-6-9(8-15)12(11(14)7-10)19-20(17,18)16(4)5;/h6-7H,8,15H2,1-5H3;1H.